The van der Waals surface area contributed by atoms with E-state index in [1.807, 2.05) is 0 Å². The molecule has 0 aromatic heterocycles. The van der Waals surface area contributed by atoms with Gasteiger partial charge < -0.3 is 5.11 Å². The van der Waals surface area contributed by atoms with Crippen LogP contribution in [0.2, 0.25) is 0 Å². The molecule has 0 saturated heterocycles. The van der Waals surface area contributed by atoms with Crippen LogP contribution in [0.25, 0.3) is 0 Å². The third kappa shape index (κ3) is 23.4. The number of unbranched alkanes of at least 4 members (excludes halogenated alkanes) is 15. The van der Waals surface area contributed by atoms with Crippen LogP contribution in [0.15, 0.2) is 0 Å². The first-order valence-corrected chi connectivity index (χ1v) is 11.7. The Labute approximate surface area is 154 Å². The molecular formula is C19H38O5S. The van der Waals surface area contributed by atoms with Crippen molar-refractivity contribution in [1.82, 2.24) is 0 Å². The maximum absolute atomic E-state index is 10.6. The summed E-state index contributed by atoms with van der Waals surface area (Å²) in [6, 6.07) is 0. The molecule has 0 fully saturated rings. The van der Waals surface area contributed by atoms with Crippen molar-refractivity contribution in [3.8, 4) is 0 Å². The summed E-state index contributed by atoms with van der Waals surface area (Å²) in [7, 11) is -3.77. The van der Waals surface area contributed by atoms with Crippen LogP contribution in [-0.2, 0) is 14.9 Å². The summed E-state index contributed by atoms with van der Waals surface area (Å²) in [4.78, 5) is 10.4. The maximum Gasteiger partial charge on any atom is 0.303 e. The smallest absolute Gasteiger partial charge is 0.303 e. The summed E-state index contributed by atoms with van der Waals surface area (Å²) in [5.74, 6) is -0.785. The lowest BCUT2D eigenvalue weighted by Crippen LogP contribution is -2.03. The predicted molar refractivity (Wildman–Crippen MR) is 103 cm³/mol. The number of carbonyl (C=O) groups is 1. The van der Waals surface area contributed by atoms with Gasteiger partial charge in [0, 0.05) is 6.42 Å². The summed E-state index contributed by atoms with van der Waals surface area (Å²) in [6.07, 6.45) is 18.5. The van der Waals surface area contributed by atoms with Gasteiger partial charge in [0.2, 0.25) is 0 Å². The summed E-state index contributed by atoms with van der Waals surface area (Å²) in [5.41, 5.74) is 0. The SMILES string of the molecule is O=C(O)CCCCCCCCCCCCCCCCCCS(=O)(=O)O. The lowest BCUT2D eigenvalue weighted by Gasteiger charge is -2.03. The molecule has 0 amide bonds. The number of aliphatic carboxylic acids is 1. The molecule has 0 aliphatic heterocycles. The van der Waals surface area contributed by atoms with E-state index < -0.39 is 16.1 Å². The van der Waals surface area contributed by atoms with Gasteiger partial charge >= 0.3 is 5.97 Å². The molecule has 0 atom stereocenters. The highest BCUT2D eigenvalue weighted by atomic mass is 32.2. The average Bonchev–Trinajstić information content (AvgIpc) is 2.52. The topological polar surface area (TPSA) is 91.7 Å². The third-order valence-electron chi connectivity index (χ3n) is 4.54. The van der Waals surface area contributed by atoms with Gasteiger partial charge in [0.25, 0.3) is 10.1 Å². The zero-order valence-electron chi connectivity index (χ0n) is 15.8. The van der Waals surface area contributed by atoms with E-state index in [0.29, 0.717) is 12.8 Å². The largest absolute Gasteiger partial charge is 0.481 e. The fourth-order valence-electron chi connectivity index (χ4n) is 3.04. The molecule has 0 aliphatic carbocycles. The average molecular weight is 379 g/mol. The molecule has 5 nitrogen and oxygen atoms in total. The molecule has 0 radical (unpaired) electrons. The van der Waals surface area contributed by atoms with Gasteiger partial charge in [-0.2, -0.15) is 8.42 Å². The van der Waals surface area contributed by atoms with Gasteiger partial charge in [-0.05, 0) is 12.8 Å². The van der Waals surface area contributed by atoms with E-state index in [1.54, 1.807) is 0 Å². The van der Waals surface area contributed by atoms with Gasteiger partial charge in [0.1, 0.15) is 0 Å². The van der Waals surface area contributed by atoms with Gasteiger partial charge in [-0.25, -0.2) is 0 Å². The Morgan fingerprint density at radius 3 is 1.12 bits per heavy atom. The third-order valence-corrected chi connectivity index (χ3v) is 5.35. The highest BCUT2D eigenvalue weighted by molar-refractivity contribution is 7.85. The van der Waals surface area contributed by atoms with Crippen LogP contribution >= 0.6 is 0 Å². The Kier molecular flexibility index (Phi) is 16.4. The highest BCUT2D eigenvalue weighted by Gasteiger charge is 2.02. The van der Waals surface area contributed by atoms with Gasteiger partial charge in [0.05, 0.1) is 5.75 Å². The second kappa shape index (κ2) is 16.8. The van der Waals surface area contributed by atoms with Crippen molar-refractivity contribution in [2.45, 2.75) is 109 Å². The number of carboxylic acid groups (broad SMARTS) is 1. The van der Waals surface area contributed by atoms with Gasteiger partial charge in [-0.15, -0.1) is 0 Å². The lowest BCUT2D eigenvalue weighted by atomic mass is 10.0. The van der Waals surface area contributed by atoms with Crippen molar-refractivity contribution in [3.63, 3.8) is 0 Å². The first-order chi connectivity index (χ1) is 11.9. The standard InChI is InChI=1S/C19H38O5S/c20-19(21)17-15-13-11-9-7-5-3-1-2-4-6-8-10-12-14-16-18-25(22,23)24/h1-18H2,(H,20,21)(H,22,23,24). The molecular weight excluding hydrogens is 340 g/mol. The Morgan fingerprint density at radius 2 is 0.840 bits per heavy atom. The molecule has 2 N–H and O–H groups in total. The van der Waals surface area contributed by atoms with Crippen molar-refractivity contribution in [3.05, 3.63) is 0 Å². The van der Waals surface area contributed by atoms with Crippen LogP contribution in [0.1, 0.15) is 109 Å². The highest BCUT2D eigenvalue weighted by Crippen LogP contribution is 2.14. The van der Waals surface area contributed by atoms with Crippen LogP contribution in [0.5, 0.6) is 0 Å². The second-order valence-electron chi connectivity index (χ2n) is 7.09. The van der Waals surface area contributed by atoms with Crippen molar-refractivity contribution in [1.29, 1.82) is 0 Å². The molecule has 0 heterocycles. The Bertz CT molecular complexity index is 406. The monoisotopic (exact) mass is 378 g/mol. The Morgan fingerprint density at radius 1 is 0.560 bits per heavy atom. The van der Waals surface area contributed by atoms with Crippen LogP contribution < -0.4 is 0 Å². The van der Waals surface area contributed by atoms with E-state index in [4.69, 9.17) is 9.66 Å². The molecule has 0 saturated carbocycles. The van der Waals surface area contributed by atoms with Crippen molar-refractivity contribution in [2.24, 2.45) is 0 Å². The molecule has 0 aliphatic rings. The molecule has 0 unspecified atom stereocenters. The van der Waals surface area contributed by atoms with E-state index >= 15 is 0 Å². The van der Waals surface area contributed by atoms with Crippen LogP contribution in [0.3, 0.4) is 0 Å². The van der Waals surface area contributed by atoms with E-state index in [9.17, 15) is 13.2 Å². The maximum atomic E-state index is 10.6. The zero-order chi connectivity index (χ0) is 18.8. The minimum absolute atomic E-state index is 0.102. The molecule has 0 bridgehead atoms. The van der Waals surface area contributed by atoms with E-state index in [0.717, 1.165) is 38.5 Å². The minimum Gasteiger partial charge on any atom is -0.481 e. The first kappa shape index (κ1) is 24.4. The minimum atomic E-state index is -3.77. The molecule has 25 heavy (non-hydrogen) atoms. The van der Waals surface area contributed by atoms with E-state index in [-0.39, 0.29) is 5.75 Å². The van der Waals surface area contributed by atoms with Crippen molar-refractivity contribution in [2.75, 3.05) is 5.75 Å². The molecule has 150 valence electrons. The first-order valence-electron chi connectivity index (χ1n) is 10.1. The fraction of sp³-hybridized carbons (Fsp3) is 0.947. The van der Waals surface area contributed by atoms with Gasteiger partial charge in [-0.3, -0.25) is 9.35 Å². The Balaban J connectivity index is 3.06. The van der Waals surface area contributed by atoms with E-state index in [1.165, 1.54) is 57.8 Å². The molecule has 0 aromatic carbocycles. The Hall–Kier alpha value is -0.620. The quantitative estimate of drug-likeness (QED) is 0.226. The fourth-order valence-corrected chi connectivity index (χ4v) is 3.60. The van der Waals surface area contributed by atoms with Crippen molar-refractivity contribution < 1.29 is 22.9 Å². The summed E-state index contributed by atoms with van der Waals surface area (Å²) < 4.78 is 29.7. The van der Waals surface area contributed by atoms with Crippen molar-refractivity contribution >= 4 is 16.1 Å². The normalized spacial score (nSPS) is 11.7. The molecule has 0 spiro atoms. The number of hydrogen-bond donors (Lipinski definition) is 2. The lowest BCUT2D eigenvalue weighted by molar-refractivity contribution is -0.137. The predicted octanol–water partition coefficient (Wildman–Crippen LogP) is 5.59. The molecule has 0 rings (SSSR count). The zero-order valence-corrected chi connectivity index (χ0v) is 16.6. The number of carboxylic acids is 1. The molecule has 0 aromatic rings. The van der Waals surface area contributed by atoms with Gasteiger partial charge in [-0.1, -0.05) is 89.9 Å². The summed E-state index contributed by atoms with van der Waals surface area (Å²) >= 11 is 0. The van der Waals surface area contributed by atoms with Crippen LogP contribution in [0.4, 0.5) is 0 Å². The summed E-state index contributed by atoms with van der Waals surface area (Å²) in [5, 5.41) is 8.54. The number of rotatable bonds is 19. The van der Waals surface area contributed by atoms with Crippen LogP contribution in [-0.4, -0.2) is 29.8 Å². The van der Waals surface area contributed by atoms with Gasteiger partial charge in [0.15, 0.2) is 0 Å². The number of hydrogen-bond acceptors (Lipinski definition) is 3. The summed E-state index contributed by atoms with van der Waals surface area (Å²) in [6.45, 7) is 0. The second-order valence-corrected chi connectivity index (χ2v) is 8.66. The van der Waals surface area contributed by atoms with E-state index in [2.05, 4.69) is 0 Å². The van der Waals surface area contributed by atoms with Crippen LogP contribution in [0, 0.1) is 0 Å². The molecule has 6 heteroatoms.